The van der Waals surface area contributed by atoms with Crippen LogP contribution in [0.25, 0.3) is 10.2 Å². The van der Waals surface area contributed by atoms with Crippen molar-refractivity contribution in [2.75, 3.05) is 11.9 Å². The summed E-state index contributed by atoms with van der Waals surface area (Å²) in [5.74, 6) is -0.376. The number of carbonyl (C=O) groups is 2. The molecule has 0 radical (unpaired) electrons. The van der Waals surface area contributed by atoms with Gasteiger partial charge in [0.05, 0.1) is 22.4 Å². The number of hydrogen-bond donors (Lipinski definition) is 1. The van der Waals surface area contributed by atoms with Gasteiger partial charge in [-0.2, -0.15) is 0 Å². The Morgan fingerprint density at radius 2 is 2.05 bits per heavy atom. The fraction of sp³-hybridized carbons (Fsp3) is 0.400. The number of carbonyl (C=O) groups excluding carboxylic acids is 2. The van der Waals surface area contributed by atoms with Crippen molar-refractivity contribution in [3.8, 4) is 0 Å². The maximum Gasteiger partial charge on any atom is 0.413 e. The highest BCUT2D eigenvalue weighted by molar-refractivity contribution is 7.22. The third-order valence-corrected chi connectivity index (χ3v) is 3.44. The molecular formula is C15H18N2O4S. The SMILES string of the molecule is CCOC(=O)c1ccc2nc(NC(=O)OC(C)(C)C)sc2c1. The van der Waals surface area contributed by atoms with E-state index in [1.165, 1.54) is 11.3 Å². The molecule has 1 amide bonds. The van der Waals surface area contributed by atoms with Crippen LogP contribution in [0.2, 0.25) is 0 Å². The number of hydrogen-bond acceptors (Lipinski definition) is 6. The quantitative estimate of drug-likeness (QED) is 0.869. The molecule has 22 heavy (non-hydrogen) atoms. The molecule has 0 unspecified atom stereocenters. The van der Waals surface area contributed by atoms with Crippen LogP contribution >= 0.6 is 11.3 Å². The molecule has 0 aliphatic carbocycles. The number of anilines is 1. The summed E-state index contributed by atoms with van der Waals surface area (Å²) in [7, 11) is 0. The fourth-order valence-corrected chi connectivity index (χ4v) is 2.60. The van der Waals surface area contributed by atoms with E-state index in [0.29, 0.717) is 22.8 Å². The van der Waals surface area contributed by atoms with Crippen LogP contribution < -0.4 is 5.32 Å². The molecule has 1 aromatic heterocycles. The smallest absolute Gasteiger partial charge is 0.413 e. The van der Waals surface area contributed by atoms with Crippen molar-refractivity contribution in [1.82, 2.24) is 4.98 Å². The third-order valence-electron chi connectivity index (χ3n) is 2.51. The highest BCUT2D eigenvalue weighted by Crippen LogP contribution is 2.27. The zero-order chi connectivity index (χ0) is 16.3. The number of thiazole rings is 1. The lowest BCUT2D eigenvalue weighted by Gasteiger charge is -2.18. The Bertz CT molecular complexity index is 703. The predicted octanol–water partition coefficient (Wildman–Crippen LogP) is 3.82. The Hall–Kier alpha value is -2.15. The molecule has 118 valence electrons. The second-order valence-electron chi connectivity index (χ2n) is 5.55. The molecule has 0 saturated heterocycles. The van der Waals surface area contributed by atoms with Gasteiger partial charge in [-0.1, -0.05) is 11.3 Å². The van der Waals surface area contributed by atoms with Crippen LogP contribution in [-0.4, -0.2) is 29.3 Å². The number of amides is 1. The first kappa shape index (κ1) is 16.2. The Labute approximate surface area is 132 Å². The van der Waals surface area contributed by atoms with Gasteiger partial charge in [0, 0.05) is 0 Å². The van der Waals surface area contributed by atoms with Gasteiger partial charge in [-0.05, 0) is 45.9 Å². The highest BCUT2D eigenvalue weighted by Gasteiger charge is 2.18. The first-order valence-electron chi connectivity index (χ1n) is 6.86. The van der Waals surface area contributed by atoms with Gasteiger partial charge >= 0.3 is 12.1 Å². The van der Waals surface area contributed by atoms with E-state index in [0.717, 1.165) is 4.70 Å². The third kappa shape index (κ3) is 4.17. The number of nitrogens with one attached hydrogen (secondary N) is 1. The summed E-state index contributed by atoms with van der Waals surface area (Å²) >= 11 is 1.27. The predicted molar refractivity (Wildman–Crippen MR) is 85.4 cm³/mol. The van der Waals surface area contributed by atoms with Crippen molar-refractivity contribution >= 4 is 38.7 Å². The van der Waals surface area contributed by atoms with Crippen molar-refractivity contribution in [2.45, 2.75) is 33.3 Å². The molecule has 2 aromatic rings. The zero-order valence-electron chi connectivity index (χ0n) is 12.9. The molecular weight excluding hydrogens is 304 g/mol. The first-order valence-corrected chi connectivity index (χ1v) is 7.68. The van der Waals surface area contributed by atoms with Gasteiger partial charge in [0.2, 0.25) is 0 Å². The summed E-state index contributed by atoms with van der Waals surface area (Å²) in [5, 5.41) is 3.01. The van der Waals surface area contributed by atoms with Gasteiger partial charge in [-0.3, -0.25) is 5.32 Å². The molecule has 0 atom stereocenters. The number of rotatable bonds is 3. The minimum absolute atomic E-state index is 0.324. The number of esters is 1. The normalized spacial score (nSPS) is 11.3. The van der Waals surface area contributed by atoms with Crippen molar-refractivity contribution in [1.29, 1.82) is 0 Å². The molecule has 0 spiro atoms. The van der Waals surface area contributed by atoms with E-state index in [2.05, 4.69) is 10.3 Å². The topological polar surface area (TPSA) is 77.5 Å². The summed E-state index contributed by atoms with van der Waals surface area (Å²) in [5.41, 5.74) is 0.587. The van der Waals surface area contributed by atoms with Gasteiger partial charge < -0.3 is 9.47 Å². The maximum atomic E-state index is 11.7. The minimum Gasteiger partial charge on any atom is -0.462 e. The van der Waals surface area contributed by atoms with Crippen LogP contribution in [0.4, 0.5) is 9.93 Å². The van der Waals surface area contributed by atoms with Crippen LogP contribution in [-0.2, 0) is 9.47 Å². The molecule has 0 aliphatic rings. The average Bonchev–Trinajstić information content (AvgIpc) is 2.77. The van der Waals surface area contributed by atoms with E-state index in [-0.39, 0.29) is 5.97 Å². The summed E-state index contributed by atoms with van der Waals surface area (Å²) < 4.78 is 10.9. The number of fused-ring (bicyclic) bond motifs is 1. The van der Waals surface area contributed by atoms with Crippen molar-refractivity contribution in [2.24, 2.45) is 0 Å². The molecule has 0 fully saturated rings. The van der Waals surface area contributed by atoms with E-state index < -0.39 is 11.7 Å². The van der Waals surface area contributed by atoms with E-state index in [4.69, 9.17) is 9.47 Å². The van der Waals surface area contributed by atoms with Crippen LogP contribution in [0, 0.1) is 0 Å². The maximum absolute atomic E-state index is 11.7. The summed E-state index contributed by atoms with van der Waals surface area (Å²) in [4.78, 5) is 27.7. The number of nitrogens with zero attached hydrogens (tertiary/aromatic N) is 1. The standard InChI is InChI=1S/C15H18N2O4S/c1-5-20-12(18)9-6-7-10-11(8-9)22-13(16-10)17-14(19)21-15(2,3)4/h6-8H,5H2,1-4H3,(H,16,17,19). The van der Waals surface area contributed by atoms with Gasteiger partial charge in [0.25, 0.3) is 0 Å². The molecule has 7 heteroatoms. The van der Waals surface area contributed by atoms with Crippen molar-refractivity contribution in [3.05, 3.63) is 23.8 Å². The van der Waals surface area contributed by atoms with Crippen LogP contribution in [0.1, 0.15) is 38.1 Å². The van der Waals surface area contributed by atoms with Gasteiger partial charge in [-0.15, -0.1) is 0 Å². The van der Waals surface area contributed by atoms with Gasteiger partial charge in [-0.25, -0.2) is 14.6 Å². The first-order chi connectivity index (χ1) is 10.3. The minimum atomic E-state index is -0.572. The Morgan fingerprint density at radius 3 is 2.68 bits per heavy atom. The highest BCUT2D eigenvalue weighted by atomic mass is 32.1. The van der Waals surface area contributed by atoms with E-state index >= 15 is 0 Å². The monoisotopic (exact) mass is 322 g/mol. The molecule has 1 aromatic carbocycles. The number of benzene rings is 1. The van der Waals surface area contributed by atoms with E-state index in [1.807, 2.05) is 0 Å². The van der Waals surface area contributed by atoms with Gasteiger partial charge in [0.15, 0.2) is 5.13 Å². The lowest BCUT2D eigenvalue weighted by atomic mass is 10.2. The summed E-state index contributed by atoms with van der Waals surface area (Å²) in [6, 6.07) is 5.07. The number of ether oxygens (including phenoxy) is 2. The molecule has 6 nitrogen and oxygen atoms in total. The lowest BCUT2D eigenvalue weighted by molar-refractivity contribution is 0.0525. The van der Waals surface area contributed by atoms with Crippen LogP contribution in [0.3, 0.4) is 0 Å². The summed E-state index contributed by atoms with van der Waals surface area (Å²) in [6.07, 6.45) is -0.558. The number of aromatic nitrogens is 1. The fourth-order valence-electron chi connectivity index (χ4n) is 1.71. The Balaban J connectivity index is 2.17. The zero-order valence-corrected chi connectivity index (χ0v) is 13.7. The van der Waals surface area contributed by atoms with E-state index in [9.17, 15) is 9.59 Å². The molecule has 0 aliphatic heterocycles. The lowest BCUT2D eigenvalue weighted by Crippen LogP contribution is -2.27. The average molecular weight is 322 g/mol. The molecule has 1 N–H and O–H groups in total. The van der Waals surface area contributed by atoms with Crippen molar-refractivity contribution in [3.63, 3.8) is 0 Å². The largest absolute Gasteiger partial charge is 0.462 e. The van der Waals surface area contributed by atoms with Crippen LogP contribution in [0.5, 0.6) is 0 Å². The second-order valence-corrected chi connectivity index (χ2v) is 6.58. The molecule has 0 saturated carbocycles. The van der Waals surface area contributed by atoms with Crippen molar-refractivity contribution < 1.29 is 19.1 Å². The Kier molecular flexibility index (Phi) is 4.65. The summed E-state index contributed by atoms with van der Waals surface area (Å²) in [6.45, 7) is 7.45. The van der Waals surface area contributed by atoms with Crippen LogP contribution in [0.15, 0.2) is 18.2 Å². The van der Waals surface area contributed by atoms with Gasteiger partial charge in [0.1, 0.15) is 5.60 Å². The molecule has 0 bridgehead atoms. The Morgan fingerprint density at radius 1 is 1.32 bits per heavy atom. The molecule has 2 rings (SSSR count). The van der Waals surface area contributed by atoms with E-state index in [1.54, 1.807) is 45.9 Å². The second kappa shape index (κ2) is 6.31. The molecule has 1 heterocycles.